The largest absolute Gasteiger partial charge is 0.457 e. The molecular formula is C30H32N6O4S. The Balaban J connectivity index is 1.20. The number of urea groups is 1. The summed E-state index contributed by atoms with van der Waals surface area (Å²) in [4.78, 5) is 42.6. The maximum atomic E-state index is 13.6. The third kappa shape index (κ3) is 5.37. The number of piperidine rings is 2. The number of ether oxygens (including phenoxy) is 1. The Morgan fingerprint density at radius 1 is 1.17 bits per heavy atom. The normalized spacial score (nSPS) is 25.2. The zero-order chi connectivity index (χ0) is 28.5. The molecule has 4 aliphatic rings. The number of nitriles is 1. The summed E-state index contributed by atoms with van der Waals surface area (Å²) in [5.74, 6) is 0.679. The van der Waals surface area contributed by atoms with Crippen molar-refractivity contribution >= 4 is 35.3 Å². The first kappa shape index (κ1) is 27.2. The van der Waals surface area contributed by atoms with E-state index in [4.69, 9.17) is 10.00 Å². The van der Waals surface area contributed by atoms with Gasteiger partial charge in [-0.25, -0.2) is 4.79 Å². The minimum absolute atomic E-state index is 0.0125. The first-order valence-electron chi connectivity index (χ1n) is 14.0. The maximum absolute atomic E-state index is 13.6. The quantitative estimate of drug-likeness (QED) is 0.481. The number of amides is 4. The summed E-state index contributed by atoms with van der Waals surface area (Å²) in [5.41, 5.74) is 2.52. The fourth-order valence-electron chi connectivity index (χ4n) is 6.22. The van der Waals surface area contributed by atoms with E-state index in [0.29, 0.717) is 36.7 Å². The summed E-state index contributed by atoms with van der Waals surface area (Å²) in [6, 6.07) is 17.0. The standard InChI is InChI=1S/C30H32N6O4S/c1-18-16-21(40-20-7-3-2-4-8-20)9-10-22(18)36-23-12-14-32-28-25(23)26(33-30(36)39)29(41-28)34-27(38)19-6-5-15-35(17-19)24(37)11-13-31/h2-4,7-10,16,19,23,25,28,32H,5-6,11-12,14-15,17H2,1H3,(H,33,39)(H,34,38). The highest BCUT2D eigenvalue weighted by Gasteiger charge is 2.51. The molecule has 6 rings (SSSR count). The van der Waals surface area contributed by atoms with Gasteiger partial charge in [0.15, 0.2) is 0 Å². The summed E-state index contributed by atoms with van der Waals surface area (Å²) >= 11 is 1.54. The Labute approximate surface area is 243 Å². The van der Waals surface area contributed by atoms with Gasteiger partial charge in [-0.3, -0.25) is 14.5 Å². The van der Waals surface area contributed by atoms with E-state index in [0.717, 1.165) is 35.7 Å². The van der Waals surface area contributed by atoms with Crippen LogP contribution in [0.4, 0.5) is 10.5 Å². The number of nitrogens with one attached hydrogen (secondary N) is 3. The van der Waals surface area contributed by atoms with Gasteiger partial charge in [0.2, 0.25) is 11.8 Å². The SMILES string of the molecule is Cc1cc(Oc2ccccc2)ccc1N1C(=O)NC2=C(NC(=O)C3CCCN(C(=O)CC#N)C3)SC3NCCC1C23. The number of hydrogen-bond donors (Lipinski definition) is 3. The topological polar surface area (TPSA) is 127 Å². The van der Waals surface area contributed by atoms with E-state index < -0.39 is 0 Å². The van der Waals surface area contributed by atoms with E-state index >= 15 is 0 Å². The lowest BCUT2D eigenvalue weighted by atomic mass is 9.86. The van der Waals surface area contributed by atoms with Gasteiger partial charge in [0.25, 0.3) is 0 Å². The van der Waals surface area contributed by atoms with Crippen molar-refractivity contribution in [1.29, 1.82) is 5.26 Å². The summed E-state index contributed by atoms with van der Waals surface area (Å²) in [5, 5.41) is 19.3. The van der Waals surface area contributed by atoms with Crippen LogP contribution in [0.1, 0.15) is 31.2 Å². The predicted molar refractivity (Wildman–Crippen MR) is 155 cm³/mol. The Morgan fingerprint density at radius 2 is 2.00 bits per heavy atom. The molecule has 2 aromatic rings. The Kier molecular flexibility index (Phi) is 7.60. The Hall–Kier alpha value is -4.01. The number of likely N-dealkylation sites (tertiary alicyclic amines) is 1. The van der Waals surface area contributed by atoms with Gasteiger partial charge in [-0.15, -0.1) is 0 Å². The number of anilines is 1. The molecule has 4 heterocycles. The van der Waals surface area contributed by atoms with Gasteiger partial charge in [0.05, 0.1) is 34.1 Å². The molecule has 0 aliphatic carbocycles. The molecule has 0 radical (unpaired) electrons. The molecule has 0 aromatic heterocycles. The van der Waals surface area contributed by atoms with Gasteiger partial charge in [-0.05, 0) is 68.6 Å². The molecule has 41 heavy (non-hydrogen) atoms. The van der Waals surface area contributed by atoms with Crippen LogP contribution < -0.4 is 25.6 Å². The number of carbonyl (C=O) groups is 3. The Bertz CT molecular complexity index is 1440. The average molecular weight is 573 g/mol. The van der Waals surface area contributed by atoms with Gasteiger partial charge in [0, 0.05) is 24.7 Å². The van der Waals surface area contributed by atoms with Gasteiger partial charge in [-0.2, -0.15) is 5.26 Å². The molecule has 2 aromatic carbocycles. The predicted octanol–water partition coefficient (Wildman–Crippen LogP) is 3.81. The van der Waals surface area contributed by atoms with Gasteiger partial charge in [0.1, 0.15) is 17.9 Å². The van der Waals surface area contributed by atoms with Gasteiger partial charge >= 0.3 is 6.03 Å². The molecule has 4 unspecified atom stereocenters. The second-order valence-corrected chi connectivity index (χ2v) is 11.9. The lowest BCUT2D eigenvalue weighted by Crippen LogP contribution is -2.62. The highest BCUT2D eigenvalue weighted by molar-refractivity contribution is 8.03. The number of carbonyl (C=O) groups excluding carboxylic acids is 3. The fraction of sp³-hybridized carbons (Fsp3) is 0.400. The van der Waals surface area contributed by atoms with Crippen molar-refractivity contribution < 1.29 is 19.1 Å². The third-order valence-electron chi connectivity index (χ3n) is 8.16. The zero-order valence-corrected chi connectivity index (χ0v) is 23.6. The van der Waals surface area contributed by atoms with Crippen molar-refractivity contribution in [2.45, 2.75) is 44.0 Å². The number of thioether (sulfide) groups is 1. The number of hydrogen-bond acceptors (Lipinski definition) is 7. The summed E-state index contributed by atoms with van der Waals surface area (Å²) in [6.07, 6.45) is 1.98. The number of aryl methyl sites for hydroxylation is 1. The Morgan fingerprint density at radius 3 is 2.78 bits per heavy atom. The number of nitrogens with zero attached hydrogens (tertiary/aromatic N) is 3. The smallest absolute Gasteiger partial charge is 0.326 e. The van der Waals surface area contributed by atoms with Crippen LogP contribution in [-0.2, 0) is 9.59 Å². The highest BCUT2D eigenvalue weighted by atomic mass is 32.2. The van der Waals surface area contributed by atoms with Crippen LogP contribution in [0.2, 0.25) is 0 Å². The monoisotopic (exact) mass is 572 g/mol. The van der Waals surface area contributed by atoms with Gasteiger partial charge < -0.3 is 25.6 Å². The molecule has 3 fully saturated rings. The van der Waals surface area contributed by atoms with Crippen molar-refractivity contribution in [3.05, 3.63) is 64.8 Å². The van der Waals surface area contributed by atoms with Crippen LogP contribution in [-0.4, -0.2) is 53.8 Å². The lowest BCUT2D eigenvalue weighted by molar-refractivity contribution is -0.134. The molecule has 11 heteroatoms. The van der Waals surface area contributed by atoms with Crippen molar-refractivity contribution in [1.82, 2.24) is 20.9 Å². The van der Waals surface area contributed by atoms with Crippen LogP contribution in [0.15, 0.2) is 59.3 Å². The average Bonchev–Trinajstić information content (AvgIpc) is 3.32. The van der Waals surface area contributed by atoms with E-state index in [2.05, 4.69) is 16.0 Å². The second kappa shape index (κ2) is 11.5. The number of para-hydroxylation sites is 1. The minimum atomic E-state index is -0.360. The molecule has 0 bridgehead atoms. The molecule has 212 valence electrons. The summed E-state index contributed by atoms with van der Waals surface area (Å²) in [6.45, 7) is 3.60. The van der Waals surface area contributed by atoms with Crippen LogP contribution in [0.25, 0.3) is 0 Å². The third-order valence-corrected chi connectivity index (χ3v) is 9.43. The van der Waals surface area contributed by atoms with E-state index in [-0.39, 0.29) is 47.5 Å². The first-order valence-corrected chi connectivity index (χ1v) is 14.8. The zero-order valence-electron chi connectivity index (χ0n) is 22.8. The maximum Gasteiger partial charge on any atom is 0.326 e. The van der Waals surface area contributed by atoms with Crippen LogP contribution in [0, 0.1) is 30.1 Å². The number of rotatable bonds is 6. The van der Waals surface area contributed by atoms with Gasteiger partial charge in [-0.1, -0.05) is 30.0 Å². The highest BCUT2D eigenvalue weighted by Crippen LogP contribution is 2.47. The second-order valence-electron chi connectivity index (χ2n) is 10.8. The molecule has 3 saturated heterocycles. The molecule has 4 amide bonds. The molecule has 0 saturated carbocycles. The van der Waals surface area contributed by atoms with Crippen LogP contribution >= 0.6 is 11.8 Å². The minimum Gasteiger partial charge on any atom is -0.457 e. The number of benzene rings is 2. The molecule has 0 spiro atoms. The van der Waals surface area contributed by atoms with E-state index in [1.54, 1.807) is 4.90 Å². The fourth-order valence-corrected chi connectivity index (χ4v) is 7.61. The van der Waals surface area contributed by atoms with Crippen LogP contribution in [0.3, 0.4) is 0 Å². The van der Waals surface area contributed by atoms with Crippen molar-refractivity contribution in [3.8, 4) is 17.6 Å². The van der Waals surface area contributed by atoms with E-state index in [1.807, 2.05) is 66.4 Å². The molecular weight excluding hydrogens is 540 g/mol. The van der Waals surface area contributed by atoms with Crippen LogP contribution in [0.5, 0.6) is 11.5 Å². The molecule has 3 N–H and O–H groups in total. The molecule has 4 atom stereocenters. The summed E-state index contributed by atoms with van der Waals surface area (Å²) < 4.78 is 6.00. The van der Waals surface area contributed by atoms with E-state index in [1.165, 1.54) is 11.8 Å². The lowest BCUT2D eigenvalue weighted by Gasteiger charge is -2.46. The first-order chi connectivity index (χ1) is 19.9. The molecule has 10 nitrogen and oxygen atoms in total. The van der Waals surface area contributed by atoms with Crippen molar-refractivity contribution in [2.24, 2.45) is 11.8 Å². The molecule has 4 aliphatic heterocycles. The summed E-state index contributed by atoms with van der Waals surface area (Å²) in [7, 11) is 0. The van der Waals surface area contributed by atoms with E-state index in [9.17, 15) is 14.4 Å². The van der Waals surface area contributed by atoms with Crippen molar-refractivity contribution in [3.63, 3.8) is 0 Å². The van der Waals surface area contributed by atoms with Crippen molar-refractivity contribution in [2.75, 3.05) is 24.5 Å².